The van der Waals surface area contributed by atoms with E-state index < -0.39 is 0 Å². The molecule has 0 heterocycles. The summed E-state index contributed by atoms with van der Waals surface area (Å²) in [5, 5.41) is 19.3. The Kier molecular flexibility index (Phi) is 11.1. The van der Waals surface area contributed by atoms with Crippen molar-refractivity contribution >= 4 is 5.97 Å². The molecule has 188 valence electrons. The molecule has 0 amide bonds. The quantitative estimate of drug-likeness (QED) is 0.338. The fourth-order valence-corrected chi connectivity index (χ4v) is 4.34. The van der Waals surface area contributed by atoms with E-state index in [1.807, 2.05) is 45.0 Å². The van der Waals surface area contributed by atoms with Crippen LogP contribution in [0.15, 0.2) is 30.3 Å². The Morgan fingerprint density at radius 2 is 1.38 bits per heavy atom. The number of aliphatic hydroxyl groups is 2. The van der Waals surface area contributed by atoms with Gasteiger partial charge in [-0.1, -0.05) is 18.2 Å². The maximum Gasteiger partial charge on any atom is 0.310 e. The van der Waals surface area contributed by atoms with Crippen LogP contribution in [0.4, 0.5) is 0 Å². The van der Waals surface area contributed by atoms with E-state index in [9.17, 15) is 15.0 Å². The van der Waals surface area contributed by atoms with Crippen LogP contribution in [-0.4, -0.2) is 34.5 Å². The van der Waals surface area contributed by atoms with Gasteiger partial charge in [0.05, 0.1) is 24.7 Å². The lowest BCUT2D eigenvalue weighted by Crippen LogP contribution is -2.17. The summed E-state index contributed by atoms with van der Waals surface area (Å²) in [5.41, 5.74) is 5.20. The van der Waals surface area contributed by atoms with Gasteiger partial charge in [-0.05, 0) is 120 Å². The zero-order valence-electron chi connectivity index (χ0n) is 21.7. The molecule has 2 aromatic rings. The van der Waals surface area contributed by atoms with Crippen LogP contribution in [0.2, 0.25) is 0 Å². The first-order valence-corrected chi connectivity index (χ1v) is 12.5. The monoisotopic (exact) mass is 470 g/mol. The third-order valence-electron chi connectivity index (χ3n) is 5.92. The molecule has 2 N–H and O–H groups in total. The van der Waals surface area contributed by atoms with Crippen molar-refractivity contribution in [2.24, 2.45) is 0 Å². The SMILES string of the molecule is Cc1cc(C)cc(Oc2c(C)cc(CC(=O)OC(C)CCCC(O)CCCC(C)O)cc2C)c1. The molecule has 0 aliphatic heterocycles. The molecule has 5 nitrogen and oxygen atoms in total. The van der Waals surface area contributed by atoms with Crippen molar-refractivity contribution < 1.29 is 24.5 Å². The summed E-state index contributed by atoms with van der Waals surface area (Å²) in [6.07, 6.45) is 3.77. The number of hydrogen-bond donors (Lipinski definition) is 2. The summed E-state index contributed by atoms with van der Waals surface area (Å²) in [7, 11) is 0. The van der Waals surface area contributed by atoms with E-state index in [4.69, 9.17) is 9.47 Å². The average molecular weight is 471 g/mol. The molecule has 2 aromatic carbocycles. The molecule has 0 saturated carbocycles. The van der Waals surface area contributed by atoms with Crippen molar-refractivity contribution in [2.75, 3.05) is 0 Å². The molecular formula is C29H42O5. The van der Waals surface area contributed by atoms with Gasteiger partial charge >= 0.3 is 5.97 Å². The largest absolute Gasteiger partial charge is 0.462 e. The molecule has 0 spiro atoms. The number of ether oxygens (including phenoxy) is 2. The van der Waals surface area contributed by atoms with Gasteiger partial charge in [-0.3, -0.25) is 4.79 Å². The van der Waals surface area contributed by atoms with Gasteiger partial charge in [0, 0.05) is 0 Å². The Labute approximate surface area is 205 Å². The molecular weight excluding hydrogens is 428 g/mol. The normalized spacial score (nSPS) is 13.9. The van der Waals surface area contributed by atoms with Crippen LogP contribution in [0.1, 0.15) is 80.2 Å². The van der Waals surface area contributed by atoms with Crippen molar-refractivity contribution in [1.29, 1.82) is 0 Å². The molecule has 2 rings (SSSR count). The molecule has 34 heavy (non-hydrogen) atoms. The minimum Gasteiger partial charge on any atom is -0.462 e. The molecule has 5 heteroatoms. The number of aryl methyl sites for hydroxylation is 4. The fraction of sp³-hybridized carbons (Fsp3) is 0.552. The Morgan fingerprint density at radius 1 is 0.824 bits per heavy atom. The lowest BCUT2D eigenvalue weighted by molar-refractivity contribution is -0.147. The smallest absolute Gasteiger partial charge is 0.310 e. The molecule has 0 fully saturated rings. The van der Waals surface area contributed by atoms with Gasteiger partial charge in [-0.15, -0.1) is 0 Å². The molecule has 0 aromatic heterocycles. The Bertz CT molecular complexity index is 891. The first kappa shape index (κ1) is 27.9. The lowest BCUT2D eigenvalue weighted by Gasteiger charge is -2.17. The summed E-state index contributed by atoms with van der Waals surface area (Å²) in [6, 6.07) is 10.1. The zero-order chi connectivity index (χ0) is 25.3. The second-order valence-corrected chi connectivity index (χ2v) is 9.83. The van der Waals surface area contributed by atoms with Crippen LogP contribution in [0.5, 0.6) is 11.5 Å². The van der Waals surface area contributed by atoms with Gasteiger partial charge in [-0.2, -0.15) is 0 Å². The summed E-state index contributed by atoms with van der Waals surface area (Å²) in [4.78, 5) is 12.5. The van der Waals surface area contributed by atoms with E-state index in [1.54, 1.807) is 6.92 Å². The number of carbonyl (C=O) groups is 1. The standard InChI is InChI=1S/C29H42O5/c1-19-13-20(2)15-27(14-19)34-29-21(3)16-25(17-22(29)4)18-28(32)33-24(6)10-8-12-26(31)11-7-9-23(5)30/h13-17,23-24,26,30-31H,7-12,18H2,1-6H3. The van der Waals surface area contributed by atoms with Crippen molar-refractivity contribution in [3.05, 3.63) is 58.1 Å². The van der Waals surface area contributed by atoms with Gasteiger partial charge in [0.2, 0.25) is 0 Å². The van der Waals surface area contributed by atoms with E-state index in [2.05, 4.69) is 19.9 Å². The van der Waals surface area contributed by atoms with Crippen LogP contribution >= 0.6 is 0 Å². The second-order valence-electron chi connectivity index (χ2n) is 9.83. The predicted molar refractivity (Wildman–Crippen MR) is 137 cm³/mol. The number of hydrogen-bond acceptors (Lipinski definition) is 5. The van der Waals surface area contributed by atoms with E-state index >= 15 is 0 Å². The van der Waals surface area contributed by atoms with E-state index in [0.717, 1.165) is 58.6 Å². The van der Waals surface area contributed by atoms with E-state index in [1.165, 1.54) is 0 Å². The van der Waals surface area contributed by atoms with Crippen molar-refractivity contribution in [3.63, 3.8) is 0 Å². The molecule has 3 unspecified atom stereocenters. The van der Waals surface area contributed by atoms with Crippen LogP contribution in [0.3, 0.4) is 0 Å². The molecule has 0 aliphatic carbocycles. The van der Waals surface area contributed by atoms with Gasteiger partial charge in [0.1, 0.15) is 11.5 Å². The van der Waals surface area contributed by atoms with Gasteiger partial charge in [0.25, 0.3) is 0 Å². The second kappa shape index (κ2) is 13.5. The van der Waals surface area contributed by atoms with Gasteiger partial charge < -0.3 is 19.7 Å². The minimum absolute atomic E-state index is 0.188. The maximum atomic E-state index is 12.5. The zero-order valence-corrected chi connectivity index (χ0v) is 21.7. The van der Waals surface area contributed by atoms with Crippen LogP contribution in [0.25, 0.3) is 0 Å². The number of benzene rings is 2. The number of carbonyl (C=O) groups excluding carboxylic acids is 1. The molecule has 0 radical (unpaired) electrons. The van der Waals surface area contributed by atoms with Crippen molar-refractivity contribution in [3.8, 4) is 11.5 Å². The first-order chi connectivity index (χ1) is 16.0. The number of esters is 1. The lowest BCUT2D eigenvalue weighted by atomic mass is 10.0. The predicted octanol–water partition coefficient (Wildman–Crippen LogP) is 6.27. The molecule has 0 saturated heterocycles. The Hall–Kier alpha value is -2.37. The van der Waals surface area contributed by atoms with Crippen LogP contribution in [-0.2, 0) is 16.0 Å². The van der Waals surface area contributed by atoms with Crippen molar-refractivity contribution in [1.82, 2.24) is 0 Å². The van der Waals surface area contributed by atoms with E-state index in [-0.39, 0.29) is 30.7 Å². The third-order valence-corrected chi connectivity index (χ3v) is 5.92. The highest BCUT2D eigenvalue weighted by Crippen LogP contribution is 2.31. The highest BCUT2D eigenvalue weighted by molar-refractivity contribution is 5.73. The topological polar surface area (TPSA) is 76.0 Å². The third kappa shape index (κ3) is 9.86. The molecule has 0 bridgehead atoms. The summed E-state index contributed by atoms with van der Waals surface area (Å²) in [6.45, 7) is 11.8. The van der Waals surface area contributed by atoms with Crippen molar-refractivity contribution in [2.45, 2.75) is 105 Å². The Balaban J connectivity index is 1.83. The fourth-order valence-electron chi connectivity index (χ4n) is 4.34. The maximum absolute atomic E-state index is 12.5. The molecule has 0 aliphatic rings. The van der Waals surface area contributed by atoms with Crippen LogP contribution in [0, 0.1) is 27.7 Å². The van der Waals surface area contributed by atoms with Gasteiger partial charge in [0.15, 0.2) is 0 Å². The number of aliphatic hydroxyl groups excluding tert-OH is 2. The molecule has 3 atom stereocenters. The summed E-state index contributed by atoms with van der Waals surface area (Å²) < 4.78 is 11.8. The first-order valence-electron chi connectivity index (χ1n) is 12.5. The van der Waals surface area contributed by atoms with Gasteiger partial charge in [-0.25, -0.2) is 0 Å². The summed E-state index contributed by atoms with van der Waals surface area (Å²) >= 11 is 0. The summed E-state index contributed by atoms with van der Waals surface area (Å²) in [5.74, 6) is 1.40. The highest BCUT2D eigenvalue weighted by atomic mass is 16.5. The highest BCUT2D eigenvalue weighted by Gasteiger charge is 2.15. The number of rotatable bonds is 13. The Morgan fingerprint density at radius 3 is 1.94 bits per heavy atom. The minimum atomic E-state index is -0.364. The van der Waals surface area contributed by atoms with E-state index in [0.29, 0.717) is 19.3 Å². The average Bonchev–Trinajstić information content (AvgIpc) is 2.69. The van der Waals surface area contributed by atoms with Crippen LogP contribution < -0.4 is 4.74 Å².